The highest BCUT2D eigenvalue weighted by atomic mass is 32.2. The maximum atomic E-state index is 14.8. The Morgan fingerprint density at radius 1 is 1.40 bits per heavy atom. The van der Waals surface area contributed by atoms with E-state index in [0.717, 1.165) is 42.4 Å². The van der Waals surface area contributed by atoms with Gasteiger partial charge in [0.25, 0.3) is 11.1 Å². The molecule has 1 unspecified atom stereocenters. The fourth-order valence-corrected chi connectivity index (χ4v) is 4.51. The molecule has 2 heterocycles. The summed E-state index contributed by atoms with van der Waals surface area (Å²) in [7, 11) is 0. The molecular formula is C19H23FN2O2S. The SMILES string of the molecule is CCCN1c2cc(F)c(/C=C3\SC(=O)NC3=O)cc2C(C)CC1(C)C. The third-order valence-corrected chi connectivity index (χ3v) is 5.69. The van der Waals surface area contributed by atoms with Gasteiger partial charge in [-0.15, -0.1) is 0 Å². The smallest absolute Gasteiger partial charge is 0.290 e. The second kappa shape index (κ2) is 6.48. The first-order valence-corrected chi connectivity index (χ1v) is 9.40. The number of amides is 2. The molecule has 0 radical (unpaired) electrons. The molecule has 0 bridgehead atoms. The topological polar surface area (TPSA) is 49.4 Å². The monoisotopic (exact) mass is 362 g/mol. The lowest BCUT2D eigenvalue weighted by molar-refractivity contribution is -0.115. The second-order valence-corrected chi connectivity index (χ2v) is 8.37. The molecule has 1 aromatic carbocycles. The number of anilines is 1. The molecule has 0 saturated carbocycles. The Labute approximate surface area is 151 Å². The van der Waals surface area contributed by atoms with Gasteiger partial charge in [0, 0.05) is 23.3 Å². The highest BCUT2D eigenvalue weighted by Gasteiger charge is 2.36. The molecule has 4 nitrogen and oxygen atoms in total. The summed E-state index contributed by atoms with van der Waals surface area (Å²) in [4.78, 5) is 25.5. The maximum Gasteiger partial charge on any atom is 0.290 e. The van der Waals surface area contributed by atoms with Gasteiger partial charge in [-0.1, -0.05) is 13.8 Å². The number of imide groups is 1. The fourth-order valence-electron chi connectivity index (χ4n) is 3.84. The second-order valence-electron chi connectivity index (χ2n) is 7.35. The van der Waals surface area contributed by atoms with Crippen LogP contribution < -0.4 is 10.2 Å². The van der Waals surface area contributed by atoms with E-state index < -0.39 is 11.1 Å². The molecule has 0 aliphatic carbocycles. The third-order valence-electron chi connectivity index (χ3n) is 4.88. The lowest BCUT2D eigenvalue weighted by atomic mass is 9.79. The molecule has 1 N–H and O–H groups in total. The number of rotatable bonds is 3. The van der Waals surface area contributed by atoms with Gasteiger partial charge < -0.3 is 4.90 Å². The summed E-state index contributed by atoms with van der Waals surface area (Å²) in [5.41, 5.74) is 2.36. The lowest BCUT2D eigenvalue weighted by Crippen LogP contribution is -2.48. The normalized spacial score (nSPS) is 23.8. The minimum atomic E-state index is -0.464. The van der Waals surface area contributed by atoms with Gasteiger partial charge in [-0.3, -0.25) is 14.9 Å². The predicted molar refractivity (Wildman–Crippen MR) is 100 cm³/mol. The zero-order chi connectivity index (χ0) is 18.4. The van der Waals surface area contributed by atoms with E-state index in [1.165, 1.54) is 6.08 Å². The van der Waals surface area contributed by atoms with Crippen molar-refractivity contribution in [1.29, 1.82) is 0 Å². The Balaban J connectivity index is 2.07. The van der Waals surface area contributed by atoms with Gasteiger partial charge in [-0.05, 0) is 68.1 Å². The van der Waals surface area contributed by atoms with Crippen molar-refractivity contribution in [2.45, 2.75) is 52.0 Å². The summed E-state index contributed by atoms with van der Waals surface area (Å²) in [6, 6.07) is 3.41. The van der Waals surface area contributed by atoms with Gasteiger partial charge in [0.2, 0.25) is 0 Å². The quantitative estimate of drug-likeness (QED) is 0.795. The molecule has 1 saturated heterocycles. The fraction of sp³-hybridized carbons (Fsp3) is 0.474. The van der Waals surface area contributed by atoms with Crippen LogP contribution in [0.2, 0.25) is 0 Å². The van der Waals surface area contributed by atoms with Crippen molar-refractivity contribution in [2.24, 2.45) is 0 Å². The number of benzene rings is 1. The lowest BCUT2D eigenvalue weighted by Gasteiger charge is -2.47. The molecule has 25 heavy (non-hydrogen) atoms. The molecule has 1 atom stereocenters. The number of carbonyl (C=O) groups excluding carboxylic acids is 2. The van der Waals surface area contributed by atoms with Gasteiger partial charge >= 0.3 is 0 Å². The Hall–Kier alpha value is -1.82. The van der Waals surface area contributed by atoms with Crippen molar-refractivity contribution in [2.75, 3.05) is 11.4 Å². The summed E-state index contributed by atoms with van der Waals surface area (Å²) in [5, 5.41) is 1.78. The number of nitrogens with zero attached hydrogens (tertiary/aromatic N) is 1. The number of halogens is 1. The van der Waals surface area contributed by atoms with E-state index in [0.29, 0.717) is 11.5 Å². The molecule has 0 spiro atoms. The van der Waals surface area contributed by atoms with Crippen LogP contribution in [0.25, 0.3) is 6.08 Å². The summed E-state index contributed by atoms with van der Waals surface area (Å²) in [6.07, 6.45) is 3.44. The first-order chi connectivity index (χ1) is 11.7. The molecule has 1 fully saturated rings. The molecule has 0 aromatic heterocycles. The average Bonchev–Trinajstić information content (AvgIpc) is 2.82. The van der Waals surface area contributed by atoms with Crippen molar-refractivity contribution in [3.05, 3.63) is 34.0 Å². The average molecular weight is 362 g/mol. The number of nitrogens with one attached hydrogen (secondary N) is 1. The summed E-state index contributed by atoms with van der Waals surface area (Å²) < 4.78 is 14.8. The highest BCUT2D eigenvalue weighted by molar-refractivity contribution is 8.18. The number of fused-ring (bicyclic) bond motifs is 1. The minimum absolute atomic E-state index is 0.0253. The molecule has 1 aromatic rings. The third kappa shape index (κ3) is 3.32. The van der Waals surface area contributed by atoms with Crippen LogP contribution in [0.15, 0.2) is 17.0 Å². The Morgan fingerprint density at radius 3 is 2.72 bits per heavy atom. The van der Waals surface area contributed by atoms with Crippen molar-refractivity contribution >= 4 is 34.7 Å². The van der Waals surface area contributed by atoms with Gasteiger partial charge in [-0.25, -0.2) is 4.39 Å². The van der Waals surface area contributed by atoms with E-state index in [4.69, 9.17) is 0 Å². The Kier molecular flexibility index (Phi) is 4.66. The summed E-state index contributed by atoms with van der Waals surface area (Å²) in [6.45, 7) is 9.54. The van der Waals surface area contributed by atoms with E-state index in [-0.39, 0.29) is 16.3 Å². The summed E-state index contributed by atoms with van der Waals surface area (Å²) >= 11 is 0.808. The molecular weight excluding hydrogens is 339 g/mol. The number of hydrogen-bond acceptors (Lipinski definition) is 4. The van der Waals surface area contributed by atoms with Gasteiger partial charge in [0.05, 0.1) is 4.91 Å². The first-order valence-electron chi connectivity index (χ1n) is 8.59. The van der Waals surface area contributed by atoms with E-state index >= 15 is 0 Å². The van der Waals surface area contributed by atoms with Crippen molar-refractivity contribution in [3.63, 3.8) is 0 Å². The standard InChI is InChI=1S/C19H23FN2O2S/c1-5-6-22-15-9-14(20)12(8-16-17(23)21-18(24)25-16)7-13(15)11(2)10-19(22,3)4/h7-9,11H,5-6,10H2,1-4H3,(H,21,23,24)/b16-8-. The van der Waals surface area contributed by atoms with Crippen LogP contribution in [-0.2, 0) is 4.79 Å². The van der Waals surface area contributed by atoms with Crippen molar-refractivity contribution in [1.82, 2.24) is 5.32 Å². The van der Waals surface area contributed by atoms with Crippen LogP contribution >= 0.6 is 11.8 Å². The number of carbonyl (C=O) groups is 2. The Morgan fingerprint density at radius 2 is 2.12 bits per heavy atom. The van der Waals surface area contributed by atoms with Crippen LogP contribution in [0.3, 0.4) is 0 Å². The molecule has 2 aliphatic rings. The minimum Gasteiger partial charge on any atom is -0.366 e. The maximum absolute atomic E-state index is 14.8. The van der Waals surface area contributed by atoms with E-state index in [9.17, 15) is 14.0 Å². The van der Waals surface area contributed by atoms with Crippen LogP contribution in [0.4, 0.5) is 14.9 Å². The van der Waals surface area contributed by atoms with Crippen LogP contribution in [0.5, 0.6) is 0 Å². The van der Waals surface area contributed by atoms with Gasteiger partial charge in [0.15, 0.2) is 0 Å². The van der Waals surface area contributed by atoms with Gasteiger partial charge in [0.1, 0.15) is 5.82 Å². The van der Waals surface area contributed by atoms with Crippen LogP contribution in [0, 0.1) is 5.82 Å². The first kappa shape index (κ1) is 18.0. The van der Waals surface area contributed by atoms with Gasteiger partial charge in [-0.2, -0.15) is 0 Å². The van der Waals surface area contributed by atoms with Crippen LogP contribution in [-0.4, -0.2) is 23.2 Å². The summed E-state index contributed by atoms with van der Waals surface area (Å²) in [5.74, 6) is -0.540. The molecule has 3 rings (SSSR count). The molecule has 2 aliphatic heterocycles. The highest BCUT2D eigenvalue weighted by Crippen LogP contribution is 2.44. The zero-order valence-corrected chi connectivity index (χ0v) is 15.8. The number of thioether (sulfide) groups is 1. The molecule has 134 valence electrons. The predicted octanol–water partition coefficient (Wildman–Crippen LogP) is 4.65. The number of hydrogen-bond donors (Lipinski definition) is 1. The van der Waals surface area contributed by atoms with E-state index in [2.05, 4.69) is 37.9 Å². The zero-order valence-electron chi connectivity index (χ0n) is 15.0. The molecule has 2 amide bonds. The van der Waals surface area contributed by atoms with Crippen LogP contribution in [0.1, 0.15) is 57.6 Å². The Bertz CT molecular complexity index is 773. The van der Waals surface area contributed by atoms with Crippen molar-refractivity contribution < 1.29 is 14.0 Å². The van der Waals surface area contributed by atoms with E-state index in [1.807, 2.05) is 6.07 Å². The van der Waals surface area contributed by atoms with Crippen molar-refractivity contribution in [3.8, 4) is 0 Å². The largest absolute Gasteiger partial charge is 0.366 e. The van der Waals surface area contributed by atoms with E-state index in [1.54, 1.807) is 6.07 Å². The molecule has 6 heteroatoms.